The van der Waals surface area contributed by atoms with Crippen LogP contribution in [-0.4, -0.2) is 29.2 Å². The summed E-state index contributed by atoms with van der Waals surface area (Å²) in [4.78, 5) is 17.0. The fourth-order valence-electron chi connectivity index (χ4n) is 2.91. The van der Waals surface area contributed by atoms with Crippen molar-refractivity contribution in [1.82, 2.24) is 9.55 Å². The van der Waals surface area contributed by atoms with Crippen LogP contribution in [0.4, 0.5) is 5.82 Å². The summed E-state index contributed by atoms with van der Waals surface area (Å²) in [5.74, 6) is 1.87. The Morgan fingerprint density at radius 2 is 1.81 bits per heavy atom. The highest BCUT2D eigenvalue weighted by atomic mass is 16.5. The number of benzene rings is 2. The fourth-order valence-corrected chi connectivity index (χ4v) is 2.91. The van der Waals surface area contributed by atoms with E-state index in [1.807, 2.05) is 34.9 Å². The molecule has 0 unspecified atom stereocenters. The van der Waals surface area contributed by atoms with Crippen LogP contribution in [0.2, 0.25) is 0 Å². The summed E-state index contributed by atoms with van der Waals surface area (Å²) in [6, 6.07) is 17.4. The van der Waals surface area contributed by atoms with Gasteiger partial charge in [-0.15, -0.1) is 0 Å². The van der Waals surface area contributed by atoms with E-state index in [2.05, 4.69) is 10.3 Å². The molecular formula is C21H21N3O3. The Labute approximate surface area is 157 Å². The SMILES string of the molecule is COc1ccc(OCC(=O)Nc2c(-c3ccccc3)ncn2C2CC2)cc1. The molecule has 4 rings (SSSR count). The van der Waals surface area contributed by atoms with Gasteiger partial charge in [-0.05, 0) is 37.1 Å². The number of hydrogen-bond acceptors (Lipinski definition) is 4. The highest BCUT2D eigenvalue weighted by Gasteiger charge is 2.28. The number of nitrogens with one attached hydrogen (secondary N) is 1. The standard InChI is InChI=1S/C21H21N3O3/c1-26-17-9-11-18(12-10-17)27-13-19(25)23-21-20(15-5-3-2-4-6-15)22-14-24(21)16-7-8-16/h2-6,9-12,14,16H,7-8,13H2,1H3,(H,23,25). The van der Waals surface area contributed by atoms with E-state index in [1.54, 1.807) is 37.7 Å². The third-order valence-electron chi connectivity index (χ3n) is 4.47. The first kappa shape index (κ1) is 17.1. The predicted octanol–water partition coefficient (Wildman–Crippen LogP) is 3.91. The molecule has 27 heavy (non-hydrogen) atoms. The van der Waals surface area contributed by atoms with Crippen molar-refractivity contribution in [2.24, 2.45) is 0 Å². The Bertz CT molecular complexity index is 916. The van der Waals surface area contributed by atoms with E-state index in [4.69, 9.17) is 9.47 Å². The third kappa shape index (κ3) is 3.95. The molecule has 1 aromatic heterocycles. The topological polar surface area (TPSA) is 65.4 Å². The van der Waals surface area contributed by atoms with Gasteiger partial charge in [-0.2, -0.15) is 0 Å². The Morgan fingerprint density at radius 1 is 1.11 bits per heavy atom. The van der Waals surface area contributed by atoms with E-state index in [-0.39, 0.29) is 12.5 Å². The largest absolute Gasteiger partial charge is 0.497 e. The Kier molecular flexibility index (Phi) is 4.78. The van der Waals surface area contributed by atoms with Gasteiger partial charge in [0.05, 0.1) is 13.4 Å². The lowest BCUT2D eigenvalue weighted by atomic mass is 10.1. The van der Waals surface area contributed by atoms with Crippen LogP contribution in [0, 0.1) is 0 Å². The van der Waals surface area contributed by atoms with Gasteiger partial charge in [-0.25, -0.2) is 4.98 Å². The maximum atomic E-state index is 12.5. The number of carbonyl (C=O) groups excluding carboxylic acids is 1. The Hall–Kier alpha value is -3.28. The van der Waals surface area contributed by atoms with Crippen molar-refractivity contribution in [2.45, 2.75) is 18.9 Å². The van der Waals surface area contributed by atoms with Gasteiger partial charge in [-0.3, -0.25) is 4.79 Å². The number of hydrogen-bond donors (Lipinski definition) is 1. The van der Waals surface area contributed by atoms with Gasteiger partial charge in [0.2, 0.25) is 0 Å². The lowest BCUT2D eigenvalue weighted by Crippen LogP contribution is -2.22. The van der Waals surface area contributed by atoms with Crippen molar-refractivity contribution in [3.63, 3.8) is 0 Å². The highest BCUT2D eigenvalue weighted by molar-refractivity contribution is 5.94. The molecular weight excluding hydrogens is 342 g/mol. The van der Waals surface area contributed by atoms with Gasteiger partial charge in [0.15, 0.2) is 6.61 Å². The molecule has 2 aromatic carbocycles. The number of imidazole rings is 1. The smallest absolute Gasteiger partial charge is 0.263 e. The quantitative estimate of drug-likeness (QED) is 0.691. The first-order valence-corrected chi connectivity index (χ1v) is 8.93. The number of methoxy groups -OCH3 is 1. The molecule has 1 aliphatic rings. The van der Waals surface area contributed by atoms with Crippen LogP contribution in [0.5, 0.6) is 11.5 Å². The van der Waals surface area contributed by atoms with Crippen LogP contribution in [0.15, 0.2) is 60.9 Å². The van der Waals surface area contributed by atoms with Crippen LogP contribution in [0.1, 0.15) is 18.9 Å². The number of aromatic nitrogens is 2. The summed E-state index contributed by atoms with van der Waals surface area (Å²) in [5, 5.41) is 2.98. The van der Waals surface area contributed by atoms with Crippen LogP contribution < -0.4 is 14.8 Å². The average Bonchev–Trinajstić information content (AvgIpc) is 3.48. The van der Waals surface area contributed by atoms with Crippen molar-refractivity contribution >= 4 is 11.7 Å². The lowest BCUT2D eigenvalue weighted by Gasteiger charge is -2.12. The minimum atomic E-state index is -0.217. The molecule has 0 bridgehead atoms. The van der Waals surface area contributed by atoms with Crippen molar-refractivity contribution < 1.29 is 14.3 Å². The number of nitrogens with zero attached hydrogens (tertiary/aromatic N) is 2. The zero-order valence-electron chi connectivity index (χ0n) is 15.1. The molecule has 1 amide bonds. The van der Waals surface area contributed by atoms with Crippen molar-refractivity contribution in [3.05, 3.63) is 60.9 Å². The molecule has 6 nitrogen and oxygen atoms in total. The zero-order chi connectivity index (χ0) is 18.6. The molecule has 0 saturated heterocycles. The maximum absolute atomic E-state index is 12.5. The van der Waals surface area contributed by atoms with E-state index < -0.39 is 0 Å². The third-order valence-corrected chi connectivity index (χ3v) is 4.47. The number of carbonyl (C=O) groups is 1. The molecule has 6 heteroatoms. The zero-order valence-corrected chi connectivity index (χ0v) is 15.1. The number of ether oxygens (including phenoxy) is 2. The second-order valence-electron chi connectivity index (χ2n) is 6.46. The maximum Gasteiger partial charge on any atom is 0.263 e. The van der Waals surface area contributed by atoms with Gasteiger partial charge in [0.1, 0.15) is 23.0 Å². The van der Waals surface area contributed by atoms with Crippen LogP contribution in [0.3, 0.4) is 0 Å². The van der Waals surface area contributed by atoms with Gasteiger partial charge < -0.3 is 19.4 Å². The minimum absolute atomic E-state index is 0.0730. The van der Waals surface area contributed by atoms with Crippen LogP contribution in [-0.2, 0) is 4.79 Å². The van der Waals surface area contributed by atoms with Gasteiger partial charge in [0, 0.05) is 11.6 Å². The van der Waals surface area contributed by atoms with Crippen LogP contribution in [0.25, 0.3) is 11.3 Å². The van der Waals surface area contributed by atoms with Gasteiger partial charge >= 0.3 is 0 Å². The lowest BCUT2D eigenvalue weighted by molar-refractivity contribution is -0.118. The van der Waals surface area contributed by atoms with Crippen LogP contribution >= 0.6 is 0 Å². The van der Waals surface area contributed by atoms with E-state index in [0.29, 0.717) is 11.8 Å². The summed E-state index contributed by atoms with van der Waals surface area (Å²) < 4.78 is 12.7. The second-order valence-corrected chi connectivity index (χ2v) is 6.46. The molecule has 1 heterocycles. The van der Waals surface area contributed by atoms with Crippen molar-refractivity contribution in [1.29, 1.82) is 0 Å². The first-order chi connectivity index (χ1) is 13.2. The molecule has 0 aliphatic heterocycles. The minimum Gasteiger partial charge on any atom is -0.497 e. The molecule has 3 aromatic rings. The fraction of sp³-hybridized carbons (Fsp3) is 0.238. The predicted molar refractivity (Wildman–Crippen MR) is 103 cm³/mol. The molecule has 138 valence electrons. The van der Waals surface area contributed by atoms with Gasteiger partial charge in [0.25, 0.3) is 5.91 Å². The summed E-state index contributed by atoms with van der Waals surface area (Å²) in [7, 11) is 1.61. The van der Waals surface area contributed by atoms with E-state index in [9.17, 15) is 4.79 Å². The van der Waals surface area contributed by atoms with E-state index in [0.717, 1.165) is 35.7 Å². The number of anilines is 1. The van der Waals surface area contributed by atoms with Crippen molar-refractivity contribution in [3.8, 4) is 22.8 Å². The number of amides is 1. The molecule has 0 spiro atoms. The second kappa shape index (κ2) is 7.53. The summed E-state index contributed by atoms with van der Waals surface area (Å²) in [6.07, 6.45) is 4.02. The molecule has 1 aliphatic carbocycles. The Balaban J connectivity index is 1.47. The van der Waals surface area contributed by atoms with Gasteiger partial charge in [-0.1, -0.05) is 30.3 Å². The van der Waals surface area contributed by atoms with E-state index >= 15 is 0 Å². The average molecular weight is 363 g/mol. The molecule has 1 fully saturated rings. The number of rotatable bonds is 7. The Morgan fingerprint density at radius 3 is 2.48 bits per heavy atom. The van der Waals surface area contributed by atoms with Crippen molar-refractivity contribution in [2.75, 3.05) is 19.0 Å². The summed E-state index contributed by atoms with van der Waals surface area (Å²) in [5.41, 5.74) is 1.75. The van der Waals surface area contributed by atoms with E-state index in [1.165, 1.54) is 0 Å². The molecule has 0 radical (unpaired) electrons. The summed E-state index contributed by atoms with van der Waals surface area (Å²) in [6.45, 7) is -0.0730. The molecule has 0 atom stereocenters. The monoisotopic (exact) mass is 363 g/mol. The first-order valence-electron chi connectivity index (χ1n) is 8.93. The molecule has 1 saturated carbocycles. The molecule has 1 N–H and O–H groups in total. The normalized spacial score (nSPS) is 13.2. The highest BCUT2D eigenvalue weighted by Crippen LogP contribution is 2.40. The summed E-state index contributed by atoms with van der Waals surface area (Å²) >= 11 is 0.